The molecule has 0 radical (unpaired) electrons. The van der Waals surface area contributed by atoms with Crippen LogP contribution in [0.2, 0.25) is 0 Å². The highest BCUT2D eigenvalue weighted by molar-refractivity contribution is 7.99. The second-order valence-electron chi connectivity index (χ2n) is 6.09. The minimum absolute atomic E-state index is 0.588. The summed E-state index contributed by atoms with van der Waals surface area (Å²) in [5.41, 5.74) is 5.09. The molecule has 25 heavy (non-hydrogen) atoms. The molecular formula is C22H24Cl2S. The van der Waals surface area contributed by atoms with Crippen LogP contribution in [0.5, 0.6) is 0 Å². The summed E-state index contributed by atoms with van der Waals surface area (Å²) in [4.78, 5) is 2.60. The largest absolute Gasteiger partial charge is 0.122 e. The van der Waals surface area contributed by atoms with Gasteiger partial charge >= 0.3 is 0 Å². The summed E-state index contributed by atoms with van der Waals surface area (Å²) in [6, 6.07) is 17.2. The van der Waals surface area contributed by atoms with Gasteiger partial charge in [0.2, 0.25) is 0 Å². The van der Waals surface area contributed by atoms with E-state index in [1.165, 1.54) is 32.1 Å². The first-order valence-electron chi connectivity index (χ1n) is 8.41. The van der Waals surface area contributed by atoms with Gasteiger partial charge in [-0.15, -0.1) is 23.2 Å². The van der Waals surface area contributed by atoms with Gasteiger partial charge in [-0.2, -0.15) is 0 Å². The maximum absolute atomic E-state index is 5.89. The molecule has 0 aliphatic rings. The van der Waals surface area contributed by atoms with Crippen LogP contribution in [0.3, 0.4) is 0 Å². The summed E-state index contributed by atoms with van der Waals surface area (Å²) in [6.07, 6.45) is 6.25. The number of hydrogen-bond acceptors (Lipinski definition) is 1. The zero-order valence-corrected chi connectivity index (χ0v) is 17.1. The van der Waals surface area contributed by atoms with E-state index in [-0.39, 0.29) is 0 Å². The molecule has 0 spiro atoms. The van der Waals surface area contributed by atoms with Crippen LogP contribution in [-0.4, -0.2) is 11.8 Å². The minimum atomic E-state index is 0.588. The summed E-state index contributed by atoms with van der Waals surface area (Å²) in [5, 5.41) is 0. The average Bonchev–Trinajstić information content (AvgIpc) is 2.66. The molecule has 0 aliphatic carbocycles. The molecule has 0 saturated carbocycles. The van der Waals surface area contributed by atoms with Gasteiger partial charge in [-0.3, -0.25) is 0 Å². The minimum Gasteiger partial charge on any atom is -0.122 e. The van der Waals surface area contributed by atoms with E-state index in [1.807, 2.05) is 11.8 Å². The van der Waals surface area contributed by atoms with Gasteiger partial charge in [0.1, 0.15) is 0 Å². The molecular weight excluding hydrogens is 367 g/mol. The first-order valence-corrected chi connectivity index (χ1v) is 10.3. The summed E-state index contributed by atoms with van der Waals surface area (Å²) in [5.74, 6) is 1.18. The molecule has 3 heteroatoms. The Hall–Kier alpha value is -1.15. The lowest BCUT2D eigenvalue weighted by Crippen LogP contribution is -1.91. The predicted molar refractivity (Wildman–Crippen MR) is 113 cm³/mol. The number of rotatable bonds is 8. The van der Waals surface area contributed by atoms with E-state index in [0.717, 1.165) is 12.8 Å². The number of hydrogen-bond donors (Lipinski definition) is 0. The second-order valence-corrected chi connectivity index (χ2v) is 7.71. The first kappa shape index (κ1) is 20.2. The van der Waals surface area contributed by atoms with Crippen molar-refractivity contribution >= 4 is 35.0 Å². The third-order valence-electron chi connectivity index (χ3n) is 3.93. The smallest absolute Gasteiger partial charge is 0.0430 e. The molecule has 2 rings (SSSR count). The van der Waals surface area contributed by atoms with Crippen LogP contribution in [-0.2, 0) is 12.8 Å². The average molecular weight is 391 g/mol. The van der Waals surface area contributed by atoms with Gasteiger partial charge < -0.3 is 0 Å². The maximum Gasteiger partial charge on any atom is 0.0430 e. The molecule has 0 N–H and O–H groups in total. The number of allylic oxidation sites excluding steroid dienone is 4. The fourth-order valence-electron chi connectivity index (χ4n) is 2.34. The normalized spacial score (nSPS) is 12.5. The van der Waals surface area contributed by atoms with Crippen LogP contribution < -0.4 is 0 Å². The monoisotopic (exact) mass is 390 g/mol. The molecule has 2 aromatic rings. The second kappa shape index (κ2) is 10.8. The van der Waals surface area contributed by atoms with Crippen LogP contribution in [0.25, 0.3) is 0 Å². The Bertz CT molecular complexity index is 684. The van der Waals surface area contributed by atoms with Crippen LogP contribution in [0.15, 0.2) is 81.6 Å². The molecule has 0 aliphatic heterocycles. The Labute approximate surface area is 165 Å². The molecule has 0 atom stereocenters. The van der Waals surface area contributed by atoms with Crippen molar-refractivity contribution in [1.82, 2.24) is 0 Å². The summed E-state index contributed by atoms with van der Waals surface area (Å²) in [7, 11) is 0. The molecule has 2 aromatic carbocycles. The molecule has 0 saturated heterocycles. The van der Waals surface area contributed by atoms with E-state index >= 15 is 0 Å². The lowest BCUT2D eigenvalue weighted by Gasteiger charge is -2.11. The van der Waals surface area contributed by atoms with Crippen molar-refractivity contribution in [2.75, 3.05) is 11.8 Å². The Balaban J connectivity index is 2.23. The SMILES string of the molecule is CC(=CCc1ccccc1Sc1ccccc1CC=C(C)CCl)CCl. The van der Waals surface area contributed by atoms with E-state index in [1.54, 1.807) is 0 Å². The Kier molecular flexibility index (Phi) is 8.67. The lowest BCUT2D eigenvalue weighted by molar-refractivity contribution is 1.13. The van der Waals surface area contributed by atoms with Gasteiger partial charge in [-0.25, -0.2) is 0 Å². The molecule has 132 valence electrons. The standard InChI is InChI=1S/C22H24Cl2S/c1-17(15-23)11-13-19-7-3-5-9-21(19)25-22-10-6-4-8-20(22)14-12-18(2)16-24/h3-12H,13-16H2,1-2H3. The summed E-state index contributed by atoms with van der Waals surface area (Å²) < 4.78 is 0. The van der Waals surface area contributed by atoms with Crippen molar-refractivity contribution in [1.29, 1.82) is 0 Å². The van der Waals surface area contributed by atoms with Crippen molar-refractivity contribution in [3.63, 3.8) is 0 Å². The number of halogens is 2. The van der Waals surface area contributed by atoms with E-state index in [0.29, 0.717) is 11.8 Å². The van der Waals surface area contributed by atoms with Crippen molar-refractivity contribution in [2.24, 2.45) is 0 Å². The maximum atomic E-state index is 5.89. The highest BCUT2D eigenvalue weighted by Crippen LogP contribution is 2.33. The highest BCUT2D eigenvalue weighted by Gasteiger charge is 2.07. The van der Waals surface area contributed by atoms with E-state index in [2.05, 4.69) is 74.5 Å². The number of benzene rings is 2. The van der Waals surface area contributed by atoms with Crippen molar-refractivity contribution in [3.05, 3.63) is 83.0 Å². The summed E-state index contributed by atoms with van der Waals surface area (Å²) in [6.45, 7) is 4.15. The van der Waals surface area contributed by atoms with Crippen LogP contribution in [0.4, 0.5) is 0 Å². The zero-order chi connectivity index (χ0) is 18.1. The van der Waals surface area contributed by atoms with Gasteiger partial charge in [0.15, 0.2) is 0 Å². The molecule has 0 amide bonds. The van der Waals surface area contributed by atoms with Gasteiger partial charge in [0.05, 0.1) is 0 Å². The Morgan fingerprint density at radius 1 is 0.760 bits per heavy atom. The Morgan fingerprint density at radius 2 is 1.16 bits per heavy atom. The van der Waals surface area contributed by atoms with Gasteiger partial charge in [0.25, 0.3) is 0 Å². The fourth-order valence-corrected chi connectivity index (χ4v) is 3.65. The Morgan fingerprint density at radius 3 is 1.56 bits per heavy atom. The molecule has 0 unspecified atom stereocenters. The highest BCUT2D eigenvalue weighted by atomic mass is 35.5. The van der Waals surface area contributed by atoms with Gasteiger partial charge in [-0.1, -0.05) is 71.5 Å². The predicted octanol–water partition coefficient (Wildman–Crippen LogP) is 7.29. The van der Waals surface area contributed by atoms with Crippen LogP contribution >= 0.6 is 35.0 Å². The van der Waals surface area contributed by atoms with E-state index in [4.69, 9.17) is 23.2 Å². The third-order valence-corrected chi connectivity index (χ3v) is 6.01. The first-order chi connectivity index (χ1) is 12.1. The van der Waals surface area contributed by atoms with Crippen molar-refractivity contribution < 1.29 is 0 Å². The van der Waals surface area contributed by atoms with E-state index in [9.17, 15) is 0 Å². The zero-order valence-electron chi connectivity index (χ0n) is 14.8. The third kappa shape index (κ3) is 6.58. The van der Waals surface area contributed by atoms with Crippen molar-refractivity contribution in [2.45, 2.75) is 36.5 Å². The quantitative estimate of drug-likeness (QED) is 0.336. The molecule has 0 nitrogen and oxygen atoms in total. The fraction of sp³-hybridized carbons (Fsp3) is 0.273. The van der Waals surface area contributed by atoms with Gasteiger partial charge in [0, 0.05) is 21.6 Å². The molecule has 0 aromatic heterocycles. The number of alkyl halides is 2. The lowest BCUT2D eigenvalue weighted by atomic mass is 10.1. The summed E-state index contributed by atoms with van der Waals surface area (Å²) >= 11 is 13.6. The van der Waals surface area contributed by atoms with Crippen LogP contribution in [0, 0.1) is 0 Å². The van der Waals surface area contributed by atoms with Crippen molar-refractivity contribution in [3.8, 4) is 0 Å². The van der Waals surface area contributed by atoms with Crippen LogP contribution in [0.1, 0.15) is 25.0 Å². The molecule has 0 heterocycles. The van der Waals surface area contributed by atoms with E-state index < -0.39 is 0 Å². The topological polar surface area (TPSA) is 0 Å². The molecule has 0 bridgehead atoms. The van der Waals surface area contributed by atoms with Gasteiger partial charge in [-0.05, 0) is 49.9 Å². The molecule has 0 fully saturated rings.